The predicted octanol–water partition coefficient (Wildman–Crippen LogP) is 5.30. The van der Waals surface area contributed by atoms with Crippen molar-refractivity contribution in [3.8, 4) is 22.9 Å². The molecule has 0 aliphatic carbocycles. The van der Waals surface area contributed by atoms with Gasteiger partial charge < -0.3 is 14.8 Å². The molecule has 27 heavy (non-hydrogen) atoms. The first kappa shape index (κ1) is 18.5. The number of para-hydroxylation sites is 1. The van der Waals surface area contributed by atoms with Crippen molar-refractivity contribution in [1.29, 1.82) is 0 Å². The van der Waals surface area contributed by atoms with E-state index in [0.29, 0.717) is 22.5 Å². The Morgan fingerprint density at radius 1 is 1.19 bits per heavy atom. The van der Waals surface area contributed by atoms with Crippen LogP contribution in [0.4, 0.5) is 5.69 Å². The number of fused-ring (bicyclic) bond motifs is 3. The maximum absolute atomic E-state index is 6.26. The smallest absolute Gasteiger partial charge is 0.247 e. The number of benzene rings is 2. The number of nitrogens with one attached hydrogen (secondary N) is 1. The average Bonchev–Trinajstić information content (AvgIpc) is 2.83. The van der Waals surface area contributed by atoms with Crippen molar-refractivity contribution in [2.24, 2.45) is 0 Å². The summed E-state index contributed by atoms with van der Waals surface area (Å²) >= 11 is 8.50. The Labute approximate surface area is 177 Å². The molecular formula is C18H14Br2N4O2S. The van der Waals surface area contributed by atoms with Crippen LogP contribution in [-0.4, -0.2) is 28.5 Å². The fourth-order valence-corrected chi connectivity index (χ4v) is 4.58. The van der Waals surface area contributed by atoms with Gasteiger partial charge in [-0.3, -0.25) is 0 Å². The van der Waals surface area contributed by atoms with Gasteiger partial charge in [0, 0.05) is 15.7 Å². The van der Waals surface area contributed by atoms with Crippen LogP contribution in [-0.2, 0) is 0 Å². The summed E-state index contributed by atoms with van der Waals surface area (Å²) in [5.74, 6) is 1.11. The van der Waals surface area contributed by atoms with Crippen LogP contribution in [0.2, 0.25) is 0 Å². The van der Waals surface area contributed by atoms with Crippen molar-refractivity contribution in [1.82, 2.24) is 15.2 Å². The lowest BCUT2D eigenvalue weighted by Crippen LogP contribution is -2.18. The lowest BCUT2D eigenvalue weighted by atomic mass is 10.1. The molecule has 2 heterocycles. The highest BCUT2D eigenvalue weighted by Gasteiger charge is 2.28. The van der Waals surface area contributed by atoms with Crippen LogP contribution in [0.5, 0.6) is 11.6 Å². The second kappa shape index (κ2) is 7.65. The van der Waals surface area contributed by atoms with Gasteiger partial charge >= 0.3 is 0 Å². The molecule has 4 rings (SSSR count). The Morgan fingerprint density at radius 3 is 2.78 bits per heavy atom. The Hall–Kier alpha value is -1.84. The number of aromatic nitrogens is 3. The second-order valence-corrected chi connectivity index (χ2v) is 8.19. The summed E-state index contributed by atoms with van der Waals surface area (Å²) in [6, 6.07) is 11.7. The Balaban J connectivity index is 1.90. The standard InChI is InChI=1S/C18H14Br2N4O2S/c1-25-15-11(7-9(19)8-12(15)20)16-21-13-6-4-3-5-10(13)14-17(26-16)22-18(27-2)24-23-14/h3-8,16,21H,1-2H3. The van der Waals surface area contributed by atoms with E-state index in [1.165, 1.54) is 11.8 Å². The largest absolute Gasteiger partial charge is 0.495 e. The minimum Gasteiger partial charge on any atom is -0.495 e. The van der Waals surface area contributed by atoms with Crippen LogP contribution in [0, 0.1) is 0 Å². The normalized spacial score (nSPS) is 15.0. The summed E-state index contributed by atoms with van der Waals surface area (Å²) in [6.45, 7) is 0. The maximum atomic E-state index is 6.26. The molecule has 0 spiro atoms. The molecule has 0 saturated heterocycles. The van der Waals surface area contributed by atoms with Crippen LogP contribution in [0.1, 0.15) is 11.8 Å². The molecule has 6 nitrogen and oxygen atoms in total. The fraction of sp³-hybridized carbons (Fsp3) is 0.167. The first-order valence-corrected chi connectivity index (χ1v) is 10.8. The summed E-state index contributed by atoms with van der Waals surface area (Å²) in [7, 11) is 1.63. The van der Waals surface area contributed by atoms with Gasteiger partial charge in [0.05, 0.1) is 17.1 Å². The summed E-state index contributed by atoms with van der Waals surface area (Å²) in [4.78, 5) is 4.53. The van der Waals surface area contributed by atoms with Gasteiger partial charge in [-0.05, 0) is 40.4 Å². The van der Waals surface area contributed by atoms with Crippen molar-refractivity contribution in [2.75, 3.05) is 18.7 Å². The Kier molecular flexibility index (Phi) is 5.25. The van der Waals surface area contributed by atoms with E-state index in [0.717, 1.165) is 25.8 Å². The van der Waals surface area contributed by atoms with Gasteiger partial charge in [-0.2, -0.15) is 4.98 Å². The number of thioether (sulfide) groups is 1. The Bertz CT molecular complexity index is 1020. The zero-order chi connectivity index (χ0) is 19.0. The molecule has 0 amide bonds. The first-order valence-electron chi connectivity index (χ1n) is 7.95. The number of nitrogens with zero attached hydrogens (tertiary/aromatic N) is 3. The Morgan fingerprint density at radius 2 is 2.00 bits per heavy atom. The number of hydrogen-bond acceptors (Lipinski definition) is 7. The van der Waals surface area contributed by atoms with Crippen molar-refractivity contribution in [3.05, 3.63) is 50.9 Å². The molecule has 1 atom stereocenters. The lowest BCUT2D eigenvalue weighted by molar-refractivity contribution is 0.219. The molecule has 1 unspecified atom stereocenters. The molecule has 0 radical (unpaired) electrons. The van der Waals surface area contributed by atoms with E-state index in [9.17, 15) is 0 Å². The monoisotopic (exact) mass is 508 g/mol. The highest BCUT2D eigenvalue weighted by molar-refractivity contribution is 9.11. The van der Waals surface area contributed by atoms with Crippen LogP contribution >= 0.6 is 43.6 Å². The van der Waals surface area contributed by atoms with Gasteiger partial charge in [0.2, 0.25) is 17.3 Å². The number of methoxy groups -OCH3 is 1. The molecule has 0 saturated carbocycles. The summed E-state index contributed by atoms with van der Waals surface area (Å²) < 4.78 is 13.6. The molecule has 1 aromatic heterocycles. The zero-order valence-electron chi connectivity index (χ0n) is 14.4. The quantitative estimate of drug-likeness (QED) is 0.480. The summed E-state index contributed by atoms with van der Waals surface area (Å²) in [5, 5.41) is 12.5. The molecule has 2 aromatic carbocycles. The van der Waals surface area contributed by atoms with Crippen molar-refractivity contribution < 1.29 is 9.47 Å². The molecule has 1 aliphatic heterocycles. The van der Waals surface area contributed by atoms with Gasteiger partial charge in [-0.1, -0.05) is 45.9 Å². The van der Waals surface area contributed by atoms with E-state index >= 15 is 0 Å². The molecule has 1 N–H and O–H groups in total. The van der Waals surface area contributed by atoms with E-state index < -0.39 is 6.23 Å². The van der Waals surface area contributed by atoms with Gasteiger partial charge in [0.1, 0.15) is 5.75 Å². The second-order valence-electron chi connectivity index (χ2n) is 5.65. The van der Waals surface area contributed by atoms with Crippen molar-refractivity contribution >= 4 is 49.3 Å². The van der Waals surface area contributed by atoms with Crippen LogP contribution in [0.15, 0.2) is 50.5 Å². The highest BCUT2D eigenvalue weighted by atomic mass is 79.9. The SMILES string of the molecule is COc1c(Br)cc(Br)cc1C1Nc2ccccc2-c2nnc(SC)nc2O1. The van der Waals surface area contributed by atoms with E-state index in [-0.39, 0.29) is 0 Å². The average molecular weight is 510 g/mol. The van der Waals surface area contributed by atoms with Crippen LogP contribution < -0.4 is 14.8 Å². The highest BCUT2D eigenvalue weighted by Crippen LogP contribution is 2.43. The number of ether oxygens (including phenoxy) is 2. The van der Waals surface area contributed by atoms with Gasteiger partial charge in [0.15, 0.2) is 5.69 Å². The molecular weight excluding hydrogens is 496 g/mol. The summed E-state index contributed by atoms with van der Waals surface area (Å²) in [6.07, 6.45) is 1.38. The topological polar surface area (TPSA) is 69.2 Å². The molecule has 3 aromatic rings. The predicted molar refractivity (Wildman–Crippen MR) is 112 cm³/mol. The molecule has 0 bridgehead atoms. The third-order valence-corrected chi connectivity index (χ3v) is 5.62. The van der Waals surface area contributed by atoms with E-state index in [4.69, 9.17) is 9.47 Å². The molecule has 0 fully saturated rings. The van der Waals surface area contributed by atoms with E-state index in [1.807, 2.05) is 42.7 Å². The number of anilines is 1. The van der Waals surface area contributed by atoms with E-state index in [1.54, 1.807) is 7.11 Å². The lowest BCUT2D eigenvalue weighted by Gasteiger charge is -2.22. The van der Waals surface area contributed by atoms with Gasteiger partial charge in [0.25, 0.3) is 0 Å². The van der Waals surface area contributed by atoms with Crippen LogP contribution in [0.25, 0.3) is 11.3 Å². The number of halogens is 2. The number of hydrogen-bond donors (Lipinski definition) is 1. The number of rotatable bonds is 3. The van der Waals surface area contributed by atoms with Gasteiger partial charge in [-0.15, -0.1) is 10.2 Å². The minimum atomic E-state index is -0.525. The molecule has 138 valence electrons. The molecule has 1 aliphatic rings. The van der Waals surface area contributed by atoms with Gasteiger partial charge in [-0.25, -0.2) is 0 Å². The van der Waals surface area contributed by atoms with Crippen molar-refractivity contribution in [3.63, 3.8) is 0 Å². The fourth-order valence-electron chi connectivity index (χ4n) is 2.86. The summed E-state index contributed by atoms with van der Waals surface area (Å²) in [5.41, 5.74) is 3.19. The van der Waals surface area contributed by atoms with Crippen LogP contribution in [0.3, 0.4) is 0 Å². The third-order valence-electron chi connectivity index (χ3n) is 4.04. The zero-order valence-corrected chi connectivity index (χ0v) is 18.4. The van der Waals surface area contributed by atoms with Crippen molar-refractivity contribution in [2.45, 2.75) is 11.4 Å². The maximum Gasteiger partial charge on any atom is 0.247 e. The minimum absolute atomic E-state index is 0.426. The third kappa shape index (κ3) is 3.51. The molecule has 9 heteroatoms. The van der Waals surface area contributed by atoms with E-state index in [2.05, 4.69) is 52.4 Å². The first-order chi connectivity index (χ1) is 13.1.